The average Bonchev–Trinajstić information content (AvgIpc) is 2.62. The summed E-state index contributed by atoms with van der Waals surface area (Å²) in [4.78, 5) is 17.9. The maximum Gasteiger partial charge on any atom is 0.231 e. The summed E-state index contributed by atoms with van der Waals surface area (Å²) in [7, 11) is -2.16. The molecule has 0 radical (unpaired) electrons. The fourth-order valence-electron chi connectivity index (χ4n) is 1.23. The topological polar surface area (TPSA) is 84.9 Å². The van der Waals surface area contributed by atoms with E-state index in [1.54, 1.807) is 18.2 Å². The van der Waals surface area contributed by atoms with E-state index in [1.165, 1.54) is 0 Å². The highest BCUT2D eigenvalue weighted by atomic mass is 31.2. The van der Waals surface area contributed by atoms with Gasteiger partial charge in [-0.1, -0.05) is 6.07 Å². The first kappa shape index (κ1) is 9.68. The van der Waals surface area contributed by atoms with Crippen LogP contribution in [0.2, 0.25) is 0 Å². The molecule has 14 heavy (non-hydrogen) atoms. The second-order valence-corrected chi connectivity index (χ2v) is 4.08. The lowest BCUT2D eigenvalue weighted by Crippen LogP contribution is -2.07. The van der Waals surface area contributed by atoms with Crippen LogP contribution in [0, 0.1) is 0 Å². The minimum Gasteiger partial charge on any atom is -0.454 e. The van der Waals surface area contributed by atoms with Gasteiger partial charge in [0.1, 0.15) is 5.78 Å². The number of fused-ring (bicyclic) bond motifs is 1. The van der Waals surface area contributed by atoms with E-state index >= 15 is 0 Å². The third-order valence-electron chi connectivity index (χ3n) is 1.99. The zero-order valence-electron chi connectivity index (χ0n) is 7.25. The van der Waals surface area contributed by atoms with Crippen LogP contribution >= 0.6 is 8.38 Å². The zero-order valence-corrected chi connectivity index (χ0v) is 8.15. The Morgan fingerprint density at radius 1 is 1.29 bits per heavy atom. The Morgan fingerprint density at radius 2 is 2.00 bits per heavy atom. The highest BCUT2D eigenvalue weighted by Gasteiger charge is 2.19. The van der Waals surface area contributed by atoms with Gasteiger partial charge < -0.3 is 25.0 Å². The van der Waals surface area contributed by atoms with Gasteiger partial charge >= 0.3 is 0 Å². The molecule has 1 atom stereocenters. The van der Waals surface area contributed by atoms with Gasteiger partial charge in [-0.25, -0.2) is 0 Å². The summed E-state index contributed by atoms with van der Waals surface area (Å²) in [5.41, 5.74) is 6.19. The fourth-order valence-corrected chi connectivity index (χ4v) is 1.66. The van der Waals surface area contributed by atoms with E-state index in [0.717, 1.165) is 0 Å². The Labute approximate surface area is 82.0 Å². The SMILES string of the molecule is NC(c1ccc2c(c1)OCO2)P(O)O. The van der Waals surface area contributed by atoms with Crippen LogP contribution in [-0.4, -0.2) is 16.6 Å². The minimum absolute atomic E-state index is 0.195. The largest absolute Gasteiger partial charge is 0.454 e. The molecule has 1 aliphatic heterocycles. The molecule has 2 rings (SSSR count). The smallest absolute Gasteiger partial charge is 0.231 e. The highest BCUT2D eigenvalue weighted by Crippen LogP contribution is 2.42. The Morgan fingerprint density at radius 3 is 2.71 bits per heavy atom. The molecule has 0 fully saturated rings. The van der Waals surface area contributed by atoms with Crippen molar-refractivity contribution >= 4 is 8.38 Å². The van der Waals surface area contributed by atoms with E-state index in [0.29, 0.717) is 17.1 Å². The van der Waals surface area contributed by atoms with Gasteiger partial charge in [-0.05, 0) is 17.7 Å². The summed E-state index contributed by atoms with van der Waals surface area (Å²) < 4.78 is 10.2. The van der Waals surface area contributed by atoms with Crippen molar-refractivity contribution in [3.63, 3.8) is 0 Å². The number of ether oxygens (including phenoxy) is 2. The van der Waals surface area contributed by atoms with Crippen molar-refractivity contribution in [2.45, 2.75) is 5.78 Å². The van der Waals surface area contributed by atoms with Crippen LogP contribution < -0.4 is 15.2 Å². The van der Waals surface area contributed by atoms with Crippen LogP contribution in [0.3, 0.4) is 0 Å². The maximum atomic E-state index is 8.95. The molecule has 6 heteroatoms. The molecule has 0 aliphatic carbocycles. The van der Waals surface area contributed by atoms with E-state index in [9.17, 15) is 0 Å². The molecule has 1 aliphatic rings. The van der Waals surface area contributed by atoms with Gasteiger partial charge in [0.2, 0.25) is 6.79 Å². The summed E-state index contributed by atoms with van der Waals surface area (Å²) in [6, 6.07) is 5.06. The lowest BCUT2D eigenvalue weighted by Gasteiger charge is -2.12. The molecule has 1 heterocycles. The normalized spacial score (nSPS) is 16.0. The van der Waals surface area contributed by atoms with Crippen LogP contribution in [-0.2, 0) is 0 Å². The fraction of sp³-hybridized carbons (Fsp3) is 0.250. The predicted molar refractivity (Wildman–Crippen MR) is 50.9 cm³/mol. The van der Waals surface area contributed by atoms with Crippen molar-refractivity contribution in [3.05, 3.63) is 23.8 Å². The van der Waals surface area contributed by atoms with Crippen LogP contribution in [0.5, 0.6) is 11.5 Å². The Kier molecular flexibility index (Phi) is 2.56. The van der Waals surface area contributed by atoms with Crippen LogP contribution in [0.15, 0.2) is 18.2 Å². The van der Waals surface area contributed by atoms with Crippen LogP contribution in [0.25, 0.3) is 0 Å². The molecule has 5 nitrogen and oxygen atoms in total. The zero-order chi connectivity index (χ0) is 10.1. The summed E-state index contributed by atoms with van der Waals surface area (Å²) in [6.45, 7) is 0.195. The standard InChI is InChI=1S/C8H10NO4P/c9-8(14(10)11)5-1-2-6-7(3-5)13-4-12-6/h1-3,8,10-11H,4,9H2. The second kappa shape index (κ2) is 3.71. The minimum atomic E-state index is -2.16. The molecule has 1 unspecified atom stereocenters. The lowest BCUT2D eigenvalue weighted by atomic mass is 10.2. The first-order valence-corrected chi connectivity index (χ1v) is 5.32. The van der Waals surface area contributed by atoms with Crippen molar-refractivity contribution in [3.8, 4) is 11.5 Å². The number of hydrogen-bond donors (Lipinski definition) is 3. The molecule has 4 N–H and O–H groups in total. The molecule has 76 valence electrons. The second-order valence-electron chi connectivity index (χ2n) is 2.88. The molecular weight excluding hydrogens is 205 g/mol. The number of nitrogens with two attached hydrogens (primary N) is 1. The van der Waals surface area contributed by atoms with E-state index in [2.05, 4.69) is 0 Å². The van der Waals surface area contributed by atoms with Gasteiger partial charge in [-0.15, -0.1) is 0 Å². The van der Waals surface area contributed by atoms with E-state index in [4.69, 9.17) is 25.0 Å². The third kappa shape index (κ3) is 1.67. The Hall–Kier alpha value is -0.870. The predicted octanol–water partition coefficient (Wildman–Crippen LogP) is 0.669. The summed E-state index contributed by atoms with van der Waals surface area (Å²) in [5.74, 6) is 0.482. The maximum absolute atomic E-state index is 8.95. The van der Waals surface area contributed by atoms with Crippen LogP contribution in [0.1, 0.15) is 11.3 Å². The third-order valence-corrected chi connectivity index (χ3v) is 2.78. The van der Waals surface area contributed by atoms with E-state index in [1.807, 2.05) is 0 Å². The van der Waals surface area contributed by atoms with Gasteiger partial charge in [-0.3, -0.25) is 0 Å². The van der Waals surface area contributed by atoms with Crippen molar-refractivity contribution in [1.82, 2.24) is 0 Å². The van der Waals surface area contributed by atoms with Crippen molar-refractivity contribution in [2.24, 2.45) is 5.73 Å². The molecule has 1 aromatic rings. The Bertz CT molecular complexity index is 344. The van der Waals surface area contributed by atoms with E-state index < -0.39 is 14.2 Å². The van der Waals surface area contributed by atoms with Gasteiger partial charge in [0, 0.05) is 0 Å². The van der Waals surface area contributed by atoms with Crippen molar-refractivity contribution < 1.29 is 19.3 Å². The van der Waals surface area contributed by atoms with Crippen molar-refractivity contribution in [2.75, 3.05) is 6.79 Å². The molecule has 0 saturated carbocycles. The number of hydrogen-bond acceptors (Lipinski definition) is 5. The van der Waals surface area contributed by atoms with Gasteiger partial charge in [0.15, 0.2) is 19.9 Å². The first-order chi connectivity index (χ1) is 6.68. The molecule has 0 bridgehead atoms. The molecule has 0 aromatic heterocycles. The van der Waals surface area contributed by atoms with Gasteiger partial charge in [0.25, 0.3) is 0 Å². The summed E-state index contributed by atoms with van der Waals surface area (Å²) in [5, 5.41) is 0. The number of benzene rings is 1. The average molecular weight is 215 g/mol. The monoisotopic (exact) mass is 215 g/mol. The first-order valence-electron chi connectivity index (χ1n) is 4.00. The summed E-state index contributed by atoms with van der Waals surface area (Å²) >= 11 is 0. The number of rotatable bonds is 2. The Balaban J connectivity index is 2.28. The van der Waals surface area contributed by atoms with E-state index in [-0.39, 0.29) is 6.79 Å². The quantitative estimate of drug-likeness (QED) is 0.631. The van der Waals surface area contributed by atoms with Crippen molar-refractivity contribution in [1.29, 1.82) is 0 Å². The molecule has 0 spiro atoms. The van der Waals surface area contributed by atoms with Crippen LogP contribution in [0.4, 0.5) is 0 Å². The molecule has 1 aromatic carbocycles. The highest BCUT2D eigenvalue weighted by molar-refractivity contribution is 7.45. The van der Waals surface area contributed by atoms with Gasteiger partial charge in [-0.2, -0.15) is 0 Å². The molecule has 0 saturated heterocycles. The van der Waals surface area contributed by atoms with Gasteiger partial charge in [0.05, 0.1) is 0 Å². The molecular formula is C8H10NO4P. The summed E-state index contributed by atoms with van der Waals surface area (Å²) in [6.07, 6.45) is 0. The lowest BCUT2D eigenvalue weighted by molar-refractivity contribution is 0.174. The molecule has 0 amide bonds.